The van der Waals surface area contributed by atoms with Gasteiger partial charge in [-0.2, -0.15) is 0 Å². The van der Waals surface area contributed by atoms with Gasteiger partial charge in [-0.05, 0) is 61.7 Å². The highest BCUT2D eigenvalue weighted by Crippen LogP contribution is 2.42. The minimum absolute atomic E-state index is 0.0107. The van der Waals surface area contributed by atoms with Crippen LogP contribution < -0.4 is 10.2 Å². The predicted molar refractivity (Wildman–Crippen MR) is 120 cm³/mol. The first-order valence-corrected chi connectivity index (χ1v) is 11.0. The van der Waals surface area contributed by atoms with Gasteiger partial charge in [0.15, 0.2) is 0 Å². The second kappa shape index (κ2) is 8.15. The first-order valence-electron chi connectivity index (χ1n) is 11.0. The molecule has 0 spiro atoms. The molecule has 1 aliphatic carbocycles. The predicted octanol–water partition coefficient (Wildman–Crippen LogP) is 4.25. The molecule has 0 bridgehead atoms. The van der Waals surface area contributed by atoms with Crippen molar-refractivity contribution in [3.05, 3.63) is 83.9 Å². The Balaban J connectivity index is 1.58. The van der Waals surface area contributed by atoms with Gasteiger partial charge in [0, 0.05) is 18.8 Å². The fraction of sp³-hybridized carbons (Fsp3) is 0.280. The molecule has 1 aliphatic heterocycles. The number of urea groups is 1. The van der Waals surface area contributed by atoms with Crippen LogP contribution in [0.4, 0.5) is 14.9 Å². The van der Waals surface area contributed by atoms with Crippen molar-refractivity contribution in [1.82, 2.24) is 14.8 Å². The lowest BCUT2D eigenvalue weighted by molar-refractivity contribution is -0.119. The zero-order valence-corrected chi connectivity index (χ0v) is 17.9. The fourth-order valence-electron chi connectivity index (χ4n) is 4.45. The zero-order valence-electron chi connectivity index (χ0n) is 17.9. The molecule has 1 fully saturated rings. The van der Waals surface area contributed by atoms with E-state index < -0.39 is 6.04 Å². The summed E-state index contributed by atoms with van der Waals surface area (Å²) in [6, 6.07) is 17.4. The maximum Gasteiger partial charge on any atom is 0.318 e. The quantitative estimate of drug-likeness (QED) is 0.656. The van der Waals surface area contributed by atoms with Crippen LogP contribution in [-0.2, 0) is 4.79 Å². The lowest BCUT2D eigenvalue weighted by atomic mass is 9.97. The van der Waals surface area contributed by atoms with Crippen LogP contribution in [0.1, 0.15) is 37.1 Å². The first kappa shape index (κ1) is 20.3. The highest BCUT2D eigenvalue weighted by Gasteiger charge is 2.39. The summed E-state index contributed by atoms with van der Waals surface area (Å²) in [6.45, 7) is 2.36. The SMILES string of the molecule is CCNC(=O)N(CC(=O)N1c2ccccc2-n2cccc2C1c1ccc(F)cc1)C1CC1. The summed E-state index contributed by atoms with van der Waals surface area (Å²) in [5.74, 6) is -0.494. The normalized spacial score (nSPS) is 16.8. The average molecular weight is 432 g/mol. The minimum atomic E-state index is -0.428. The molecule has 0 saturated heterocycles. The number of carbonyl (C=O) groups is 2. The Morgan fingerprint density at radius 2 is 1.75 bits per heavy atom. The van der Waals surface area contributed by atoms with Crippen molar-refractivity contribution in [2.75, 3.05) is 18.0 Å². The van der Waals surface area contributed by atoms with E-state index in [4.69, 9.17) is 0 Å². The van der Waals surface area contributed by atoms with E-state index >= 15 is 0 Å². The minimum Gasteiger partial charge on any atom is -0.338 e. The van der Waals surface area contributed by atoms with E-state index in [0.29, 0.717) is 6.54 Å². The van der Waals surface area contributed by atoms with Crippen LogP contribution in [0.15, 0.2) is 66.9 Å². The number of hydrogen-bond donors (Lipinski definition) is 1. The number of para-hydroxylation sites is 2. The van der Waals surface area contributed by atoms with E-state index in [0.717, 1.165) is 35.5 Å². The number of benzene rings is 2. The third kappa shape index (κ3) is 3.53. The van der Waals surface area contributed by atoms with E-state index in [1.54, 1.807) is 21.9 Å². The summed E-state index contributed by atoms with van der Waals surface area (Å²) in [6.07, 6.45) is 3.79. The number of carbonyl (C=O) groups excluding carboxylic acids is 2. The number of nitrogens with one attached hydrogen (secondary N) is 1. The van der Waals surface area contributed by atoms with Crippen LogP contribution in [0.3, 0.4) is 0 Å². The molecule has 6 nitrogen and oxygen atoms in total. The van der Waals surface area contributed by atoms with Crippen molar-refractivity contribution in [2.45, 2.75) is 31.8 Å². The molecule has 2 aliphatic rings. The fourth-order valence-corrected chi connectivity index (χ4v) is 4.45. The average Bonchev–Trinajstić information content (AvgIpc) is 3.52. The second-order valence-corrected chi connectivity index (χ2v) is 8.20. The molecule has 32 heavy (non-hydrogen) atoms. The maximum absolute atomic E-state index is 13.8. The monoisotopic (exact) mass is 432 g/mol. The van der Waals surface area contributed by atoms with Gasteiger partial charge in [0.2, 0.25) is 5.91 Å². The van der Waals surface area contributed by atoms with Gasteiger partial charge < -0.3 is 14.8 Å². The summed E-state index contributed by atoms with van der Waals surface area (Å²) in [5, 5.41) is 2.83. The number of rotatable bonds is 5. The van der Waals surface area contributed by atoms with Crippen molar-refractivity contribution in [3.8, 4) is 5.69 Å². The molecule has 164 valence electrons. The van der Waals surface area contributed by atoms with Crippen LogP contribution in [0, 0.1) is 5.82 Å². The highest BCUT2D eigenvalue weighted by molar-refractivity contribution is 6.00. The third-order valence-electron chi connectivity index (χ3n) is 6.06. The molecule has 1 atom stereocenters. The van der Waals surface area contributed by atoms with Gasteiger partial charge in [-0.3, -0.25) is 9.69 Å². The highest BCUT2D eigenvalue weighted by atomic mass is 19.1. The Bertz CT molecular complexity index is 1150. The van der Waals surface area contributed by atoms with Gasteiger partial charge in [-0.1, -0.05) is 24.3 Å². The molecule has 7 heteroatoms. The molecule has 1 N–H and O–H groups in total. The van der Waals surface area contributed by atoms with Crippen LogP contribution in [0.25, 0.3) is 5.69 Å². The van der Waals surface area contributed by atoms with Crippen LogP contribution >= 0.6 is 0 Å². The van der Waals surface area contributed by atoms with Gasteiger partial charge in [0.25, 0.3) is 0 Å². The van der Waals surface area contributed by atoms with Crippen molar-refractivity contribution in [2.24, 2.45) is 0 Å². The summed E-state index contributed by atoms with van der Waals surface area (Å²) >= 11 is 0. The first-order chi connectivity index (χ1) is 15.6. The molecule has 3 aromatic rings. The molecular formula is C25H25FN4O2. The van der Waals surface area contributed by atoms with Crippen molar-refractivity contribution < 1.29 is 14.0 Å². The van der Waals surface area contributed by atoms with Gasteiger partial charge in [-0.25, -0.2) is 9.18 Å². The Hall–Kier alpha value is -3.61. The van der Waals surface area contributed by atoms with E-state index in [1.807, 2.05) is 49.5 Å². The van der Waals surface area contributed by atoms with Crippen LogP contribution in [0.2, 0.25) is 0 Å². The molecule has 2 aromatic carbocycles. The Kier molecular flexibility index (Phi) is 5.17. The second-order valence-electron chi connectivity index (χ2n) is 8.20. The van der Waals surface area contributed by atoms with Gasteiger partial charge in [0.05, 0.1) is 17.1 Å². The Morgan fingerprint density at radius 1 is 1.03 bits per heavy atom. The molecule has 3 amide bonds. The molecule has 2 heterocycles. The Morgan fingerprint density at radius 3 is 2.44 bits per heavy atom. The number of fused-ring (bicyclic) bond motifs is 3. The van der Waals surface area contributed by atoms with Crippen molar-refractivity contribution >= 4 is 17.6 Å². The molecule has 1 saturated carbocycles. The number of aromatic nitrogens is 1. The number of anilines is 1. The van der Waals surface area contributed by atoms with E-state index in [9.17, 15) is 14.0 Å². The van der Waals surface area contributed by atoms with E-state index in [-0.39, 0.29) is 30.3 Å². The molecule has 5 rings (SSSR count). The van der Waals surface area contributed by atoms with Gasteiger partial charge in [-0.15, -0.1) is 0 Å². The smallest absolute Gasteiger partial charge is 0.318 e. The van der Waals surface area contributed by atoms with Gasteiger partial charge in [0.1, 0.15) is 18.4 Å². The van der Waals surface area contributed by atoms with E-state index in [1.165, 1.54) is 12.1 Å². The largest absolute Gasteiger partial charge is 0.338 e. The van der Waals surface area contributed by atoms with Crippen molar-refractivity contribution in [3.63, 3.8) is 0 Å². The number of amides is 3. The molecular weight excluding hydrogens is 407 g/mol. The van der Waals surface area contributed by atoms with Crippen LogP contribution in [-0.4, -0.2) is 40.5 Å². The zero-order chi connectivity index (χ0) is 22.2. The maximum atomic E-state index is 13.8. The third-order valence-corrected chi connectivity index (χ3v) is 6.06. The summed E-state index contributed by atoms with van der Waals surface area (Å²) in [4.78, 5) is 29.8. The summed E-state index contributed by atoms with van der Waals surface area (Å²) in [5.41, 5.74) is 3.39. The summed E-state index contributed by atoms with van der Waals surface area (Å²) < 4.78 is 15.7. The Labute approximate surface area is 186 Å². The summed E-state index contributed by atoms with van der Waals surface area (Å²) in [7, 11) is 0. The van der Waals surface area contributed by atoms with Gasteiger partial charge >= 0.3 is 6.03 Å². The number of halogens is 1. The van der Waals surface area contributed by atoms with Crippen LogP contribution in [0.5, 0.6) is 0 Å². The van der Waals surface area contributed by atoms with Crippen molar-refractivity contribution in [1.29, 1.82) is 0 Å². The van der Waals surface area contributed by atoms with E-state index in [2.05, 4.69) is 9.88 Å². The lowest BCUT2D eigenvalue weighted by Gasteiger charge is -2.39. The molecule has 1 unspecified atom stereocenters. The standard InChI is InChI=1S/C25H25FN4O2/c1-2-27-25(32)29(19-13-14-19)16-23(31)30-21-7-4-3-6-20(21)28-15-5-8-22(28)24(30)17-9-11-18(26)12-10-17/h3-12,15,19,24H,2,13-14,16H2,1H3,(H,27,32). The number of nitrogens with zero attached hydrogens (tertiary/aromatic N) is 3. The molecule has 0 radical (unpaired) electrons. The topological polar surface area (TPSA) is 57.6 Å². The number of hydrogen-bond acceptors (Lipinski definition) is 2. The molecule has 1 aromatic heterocycles. The lowest BCUT2D eigenvalue weighted by Crippen LogP contribution is -2.49.